The molecule has 134 valence electrons. The Labute approximate surface area is 145 Å². The van der Waals surface area contributed by atoms with Crippen molar-refractivity contribution in [3.8, 4) is 0 Å². The summed E-state index contributed by atoms with van der Waals surface area (Å²) in [5, 5.41) is 3.10. The molecule has 2 rings (SSSR count). The molecule has 0 aromatic carbocycles. The Morgan fingerprint density at radius 3 is 2.35 bits per heavy atom. The second-order valence-corrected chi connectivity index (χ2v) is 6.85. The Hall–Kier alpha value is -0.810. The van der Waals surface area contributed by atoms with Gasteiger partial charge in [0.1, 0.15) is 0 Å². The van der Waals surface area contributed by atoms with Crippen molar-refractivity contribution < 1.29 is 14.3 Å². The van der Waals surface area contributed by atoms with Crippen molar-refractivity contribution in [2.24, 2.45) is 17.6 Å². The molecule has 0 aromatic heterocycles. The third kappa shape index (κ3) is 5.96. The quantitative estimate of drug-likeness (QED) is 0.766. The van der Waals surface area contributed by atoms with E-state index in [0.717, 1.165) is 51.4 Å². The second kappa shape index (κ2) is 10.1. The maximum absolute atomic E-state index is 12.3. The fourth-order valence-electron chi connectivity index (χ4n) is 3.91. The Morgan fingerprint density at radius 2 is 1.74 bits per heavy atom. The molecule has 2 unspecified atom stereocenters. The van der Waals surface area contributed by atoms with Crippen LogP contribution >= 0.6 is 12.4 Å². The molecule has 0 heterocycles. The zero-order valence-corrected chi connectivity index (χ0v) is 14.9. The van der Waals surface area contributed by atoms with E-state index in [0.29, 0.717) is 12.3 Å². The molecule has 2 aliphatic rings. The number of carbonyl (C=O) groups excluding carboxylic acids is 2. The summed E-state index contributed by atoms with van der Waals surface area (Å²) in [4.78, 5) is 24.4. The van der Waals surface area contributed by atoms with E-state index in [2.05, 4.69) is 5.32 Å². The summed E-state index contributed by atoms with van der Waals surface area (Å²) >= 11 is 0. The van der Waals surface area contributed by atoms with Crippen LogP contribution in [0.4, 0.5) is 0 Å². The Balaban J connectivity index is 0.00000264. The van der Waals surface area contributed by atoms with E-state index in [9.17, 15) is 9.59 Å². The van der Waals surface area contributed by atoms with E-state index in [4.69, 9.17) is 10.5 Å². The van der Waals surface area contributed by atoms with Gasteiger partial charge < -0.3 is 15.8 Å². The number of amides is 1. The Kier molecular flexibility index (Phi) is 8.92. The van der Waals surface area contributed by atoms with Crippen LogP contribution in [0.25, 0.3) is 0 Å². The highest BCUT2D eigenvalue weighted by molar-refractivity contribution is 5.85. The highest BCUT2D eigenvalue weighted by atomic mass is 35.5. The minimum atomic E-state index is -0.202. The monoisotopic (exact) mass is 346 g/mol. The largest absolute Gasteiger partial charge is 0.469 e. The number of rotatable bonds is 4. The molecule has 2 saturated carbocycles. The topological polar surface area (TPSA) is 81.4 Å². The number of methoxy groups -OCH3 is 1. The molecule has 23 heavy (non-hydrogen) atoms. The van der Waals surface area contributed by atoms with Crippen LogP contribution in [0.3, 0.4) is 0 Å². The van der Waals surface area contributed by atoms with Crippen molar-refractivity contribution in [3.63, 3.8) is 0 Å². The lowest BCUT2D eigenvalue weighted by atomic mass is 9.86. The molecule has 0 radical (unpaired) electrons. The minimum absolute atomic E-state index is 0. The lowest BCUT2D eigenvalue weighted by Gasteiger charge is -2.29. The maximum atomic E-state index is 12.3. The van der Waals surface area contributed by atoms with Crippen molar-refractivity contribution >= 4 is 24.3 Å². The predicted molar refractivity (Wildman–Crippen MR) is 92.3 cm³/mol. The van der Waals surface area contributed by atoms with Gasteiger partial charge >= 0.3 is 5.97 Å². The molecule has 2 aliphatic carbocycles. The van der Waals surface area contributed by atoms with Gasteiger partial charge in [-0.15, -0.1) is 12.4 Å². The van der Waals surface area contributed by atoms with Crippen molar-refractivity contribution in [1.82, 2.24) is 5.32 Å². The summed E-state index contributed by atoms with van der Waals surface area (Å²) < 4.78 is 4.94. The van der Waals surface area contributed by atoms with Crippen molar-refractivity contribution in [2.45, 2.75) is 76.3 Å². The van der Waals surface area contributed by atoms with E-state index in [1.54, 1.807) is 0 Å². The van der Waals surface area contributed by atoms with Gasteiger partial charge in [-0.2, -0.15) is 0 Å². The van der Waals surface area contributed by atoms with E-state index in [-0.39, 0.29) is 42.3 Å². The number of nitrogens with two attached hydrogens (primary N) is 1. The maximum Gasteiger partial charge on any atom is 0.310 e. The van der Waals surface area contributed by atoms with Gasteiger partial charge in [0.05, 0.1) is 13.0 Å². The average Bonchev–Trinajstić information content (AvgIpc) is 2.87. The molecule has 0 aliphatic heterocycles. The van der Waals surface area contributed by atoms with Gasteiger partial charge in [0.25, 0.3) is 0 Å². The minimum Gasteiger partial charge on any atom is -0.469 e. The van der Waals surface area contributed by atoms with Gasteiger partial charge in [0, 0.05) is 18.5 Å². The lowest BCUT2D eigenvalue weighted by molar-refractivity contribution is -0.147. The van der Waals surface area contributed by atoms with Crippen LogP contribution in [-0.2, 0) is 14.3 Å². The molecule has 0 bridgehead atoms. The Morgan fingerprint density at radius 1 is 1.04 bits per heavy atom. The Bertz CT molecular complexity index is 392. The van der Waals surface area contributed by atoms with E-state index < -0.39 is 0 Å². The van der Waals surface area contributed by atoms with Gasteiger partial charge in [-0.05, 0) is 31.6 Å². The van der Waals surface area contributed by atoms with Gasteiger partial charge in [0.15, 0.2) is 0 Å². The fraction of sp³-hybridized carbons (Fsp3) is 0.882. The summed E-state index contributed by atoms with van der Waals surface area (Å²) in [5.41, 5.74) is 6.05. The second-order valence-electron chi connectivity index (χ2n) is 6.85. The van der Waals surface area contributed by atoms with Gasteiger partial charge in [-0.1, -0.05) is 32.1 Å². The number of ether oxygens (including phenoxy) is 1. The summed E-state index contributed by atoms with van der Waals surface area (Å²) in [7, 11) is 1.43. The first kappa shape index (κ1) is 20.2. The molecule has 2 fully saturated rings. The molecule has 1 amide bonds. The van der Waals surface area contributed by atoms with Gasteiger partial charge in [-0.25, -0.2) is 0 Å². The molecule has 5 nitrogen and oxygen atoms in total. The fourth-order valence-corrected chi connectivity index (χ4v) is 3.91. The average molecular weight is 347 g/mol. The zero-order chi connectivity index (χ0) is 15.9. The lowest BCUT2D eigenvalue weighted by Crippen LogP contribution is -2.45. The molecular formula is C17H31ClN2O3. The number of esters is 1. The number of halogens is 1. The number of nitrogens with one attached hydrogen (secondary N) is 1. The first-order valence-corrected chi connectivity index (χ1v) is 8.74. The summed E-state index contributed by atoms with van der Waals surface area (Å²) in [5.74, 6) is -0.0526. The van der Waals surface area contributed by atoms with Gasteiger partial charge in [-0.3, -0.25) is 9.59 Å². The normalized spacial score (nSPS) is 31.4. The zero-order valence-electron chi connectivity index (χ0n) is 14.1. The van der Waals surface area contributed by atoms with Crippen LogP contribution in [0.1, 0.15) is 64.2 Å². The molecule has 0 spiro atoms. The molecule has 6 heteroatoms. The number of hydrogen-bond donors (Lipinski definition) is 2. The molecule has 4 atom stereocenters. The smallest absolute Gasteiger partial charge is 0.310 e. The molecule has 3 N–H and O–H groups in total. The van der Waals surface area contributed by atoms with Crippen molar-refractivity contribution in [3.05, 3.63) is 0 Å². The molecule has 0 saturated heterocycles. The van der Waals surface area contributed by atoms with Crippen LogP contribution in [0, 0.1) is 11.8 Å². The van der Waals surface area contributed by atoms with E-state index in [1.165, 1.54) is 13.5 Å². The number of hydrogen-bond acceptors (Lipinski definition) is 4. The predicted octanol–water partition coefficient (Wildman–Crippen LogP) is 2.55. The van der Waals surface area contributed by atoms with Crippen molar-refractivity contribution in [2.75, 3.05) is 7.11 Å². The highest BCUT2D eigenvalue weighted by Crippen LogP contribution is 2.28. The molecular weight excluding hydrogens is 316 g/mol. The van der Waals surface area contributed by atoms with Crippen LogP contribution in [0.2, 0.25) is 0 Å². The summed E-state index contributed by atoms with van der Waals surface area (Å²) in [6, 6.07) is 0.0670. The standard InChI is InChI=1S/C17H30N2O3.ClH/c1-22-17(21)13-8-4-2-3-5-10-15(13)19-16(20)11-12-7-6-9-14(12)18;/h12-15H,2-11,18H2,1H3,(H,19,20);1H/t12-,13?,14+,15?;/m0./s1. The van der Waals surface area contributed by atoms with Crippen LogP contribution < -0.4 is 11.1 Å². The summed E-state index contributed by atoms with van der Waals surface area (Å²) in [6.07, 6.45) is 9.76. The first-order valence-electron chi connectivity index (χ1n) is 8.74. The van der Waals surface area contributed by atoms with Crippen molar-refractivity contribution in [1.29, 1.82) is 0 Å². The highest BCUT2D eigenvalue weighted by Gasteiger charge is 2.32. The third-order valence-corrected chi connectivity index (χ3v) is 5.28. The third-order valence-electron chi connectivity index (χ3n) is 5.28. The van der Waals surface area contributed by atoms with Crippen LogP contribution in [0.5, 0.6) is 0 Å². The summed E-state index contributed by atoms with van der Waals surface area (Å²) in [6.45, 7) is 0. The van der Waals surface area contributed by atoms with E-state index >= 15 is 0 Å². The first-order chi connectivity index (χ1) is 10.6. The SMILES string of the molecule is COC(=O)C1CCCCCCC1NC(=O)C[C@@H]1CCC[C@H]1N.Cl. The van der Waals surface area contributed by atoms with E-state index in [1.807, 2.05) is 0 Å². The van der Waals surface area contributed by atoms with Crippen LogP contribution in [-0.4, -0.2) is 31.1 Å². The molecule has 0 aromatic rings. The van der Waals surface area contributed by atoms with Crippen LogP contribution in [0.15, 0.2) is 0 Å². The van der Waals surface area contributed by atoms with Gasteiger partial charge in [0.2, 0.25) is 5.91 Å². The number of carbonyl (C=O) groups is 2.